The molecular weight excluding hydrogens is 302 g/mol. The molecule has 24 heavy (non-hydrogen) atoms. The van der Waals surface area contributed by atoms with E-state index in [4.69, 9.17) is 10.5 Å². The quantitative estimate of drug-likeness (QED) is 0.851. The number of anilines is 3. The van der Waals surface area contributed by atoms with Crippen molar-refractivity contribution in [1.82, 2.24) is 0 Å². The summed E-state index contributed by atoms with van der Waals surface area (Å²) in [7, 11) is 0. The van der Waals surface area contributed by atoms with Gasteiger partial charge in [-0.2, -0.15) is 0 Å². The molecule has 0 bridgehead atoms. The topological polar surface area (TPSA) is 67.6 Å². The van der Waals surface area contributed by atoms with Crippen molar-refractivity contribution in [2.75, 3.05) is 42.3 Å². The molecule has 0 aliphatic carbocycles. The average molecular weight is 325 g/mol. The molecule has 1 aliphatic heterocycles. The molecule has 5 heteroatoms. The predicted octanol–water partition coefficient (Wildman–Crippen LogP) is 2.97. The molecule has 0 saturated carbocycles. The van der Waals surface area contributed by atoms with E-state index in [1.807, 2.05) is 50.2 Å². The highest BCUT2D eigenvalue weighted by Gasteiger charge is 2.16. The van der Waals surface area contributed by atoms with E-state index in [9.17, 15) is 4.79 Å². The maximum Gasteiger partial charge on any atom is 0.255 e. The van der Waals surface area contributed by atoms with Gasteiger partial charge in [0.05, 0.1) is 24.6 Å². The Morgan fingerprint density at radius 1 is 1.12 bits per heavy atom. The molecule has 2 aromatic rings. The summed E-state index contributed by atoms with van der Waals surface area (Å²) in [6.45, 7) is 6.94. The highest BCUT2D eigenvalue weighted by molar-refractivity contribution is 6.05. The lowest BCUT2D eigenvalue weighted by atomic mass is 10.1. The molecule has 5 nitrogen and oxygen atoms in total. The summed E-state index contributed by atoms with van der Waals surface area (Å²) in [4.78, 5) is 14.7. The Hall–Kier alpha value is -2.53. The van der Waals surface area contributed by atoms with Crippen LogP contribution in [0.15, 0.2) is 36.4 Å². The molecule has 1 amide bonds. The van der Waals surface area contributed by atoms with Crippen LogP contribution in [0.25, 0.3) is 0 Å². The first-order valence-electron chi connectivity index (χ1n) is 8.15. The van der Waals surface area contributed by atoms with Crippen LogP contribution >= 0.6 is 0 Å². The maximum atomic E-state index is 12.5. The minimum absolute atomic E-state index is 0.115. The van der Waals surface area contributed by atoms with Gasteiger partial charge >= 0.3 is 0 Å². The number of carbonyl (C=O) groups excluding carboxylic acids is 1. The summed E-state index contributed by atoms with van der Waals surface area (Å²) in [5, 5.41) is 3.00. The number of aryl methyl sites for hydroxylation is 2. The highest BCUT2D eigenvalue weighted by Crippen LogP contribution is 2.31. The molecule has 1 aliphatic rings. The second kappa shape index (κ2) is 6.93. The Labute approximate surface area is 142 Å². The van der Waals surface area contributed by atoms with Gasteiger partial charge in [-0.3, -0.25) is 4.79 Å². The number of ether oxygens (including phenoxy) is 1. The molecular formula is C19H23N3O2. The van der Waals surface area contributed by atoms with Gasteiger partial charge in [0.15, 0.2) is 0 Å². The number of rotatable bonds is 3. The molecule has 0 spiro atoms. The van der Waals surface area contributed by atoms with Crippen LogP contribution in [0.5, 0.6) is 0 Å². The van der Waals surface area contributed by atoms with Crippen molar-refractivity contribution in [3.05, 3.63) is 53.1 Å². The fourth-order valence-corrected chi connectivity index (χ4v) is 2.83. The number of benzene rings is 2. The zero-order valence-electron chi connectivity index (χ0n) is 14.1. The molecule has 0 aromatic heterocycles. The van der Waals surface area contributed by atoms with Gasteiger partial charge in [-0.05, 0) is 43.7 Å². The Kier molecular flexibility index (Phi) is 4.71. The van der Waals surface area contributed by atoms with Crippen molar-refractivity contribution in [3.8, 4) is 0 Å². The summed E-state index contributed by atoms with van der Waals surface area (Å²) in [5.41, 5.74) is 11.4. The minimum atomic E-state index is -0.115. The number of nitrogens with zero attached hydrogens (tertiary/aromatic N) is 1. The molecule has 1 fully saturated rings. The van der Waals surface area contributed by atoms with E-state index in [0.29, 0.717) is 18.8 Å². The van der Waals surface area contributed by atoms with Gasteiger partial charge in [0, 0.05) is 24.3 Å². The number of amides is 1. The number of nitrogens with one attached hydrogen (secondary N) is 1. The lowest BCUT2D eigenvalue weighted by molar-refractivity contribution is 0.102. The SMILES string of the molecule is Cc1ccc(C(=O)Nc2cc(N3CCOCC3)c(N)cc2C)cc1. The number of hydrogen-bond donors (Lipinski definition) is 2. The molecule has 0 unspecified atom stereocenters. The predicted molar refractivity (Wildman–Crippen MR) is 97.8 cm³/mol. The first kappa shape index (κ1) is 16.3. The maximum absolute atomic E-state index is 12.5. The van der Waals surface area contributed by atoms with Crippen LogP contribution in [0, 0.1) is 13.8 Å². The van der Waals surface area contributed by atoms with Crippen molar-refractivity contribution in [3.63, 3.8) is 0 Å². The smallest absolute Gasteiger partial charge is 0.255 e. The van der Waals surface area contributed by atoms with Crippen molar-refractivity contribution in [1.29, 1.82) is 0 Å². The minimum Gasteiger partial charge on any atom is -0.397 e. The summed E-state index contributed by atoms with van der Waals surface area (Å²) < 4.78 is 5.39. The standard InChI is InChI=1S/C19H23N3O2/c1-13-3-5-15(6-4-13)19(23)21-17-12-18(16(20)11-14(17)2)22-7-9-24-10-8-22/h3-6,11-12H,7-10,20H2,1-2H3,(H,21,23). The van der Waals surface area contributed by atoms with Crippen molar-refractivity contribution >= 4 is 23.0 Å². The van der Waals surface area contributed by atoms with E-state index in [1.165, 1.54) is 0 Å². The van der Waals surface area contributed by atoms with Crippen LogP contribution in [0.2, 0.25) is 0 Å². The van der Waals surface area contributed by atoms with Crippen LogP contribution in [-0.4, -0.2) is 32.2 Å². The third-order valence-electron chi connectivity index (χ3n) is 4.29. The fraction of sp³-hybridized carbons (Fsp3) is 0.316. The van der Waals surface area contributed by atoms with E-state index in [-0.39, 0.29) is 5.91 Å². The molecule has 1 heterocycles. The fourth-order valence-electron chi connectivity index (χ4n) is 2.83. The molecule has 0 radical (unpaired) electrons. The van der Waals surface area contributed by atoms with Gasteiger partial charge in [-0.15, -0.1) is 0 Å². The largest absolute Gasteiger partial charge is 0.397 e. The van der Waals surface area contributed by atoms with Crippen LogP contribution in [0.1, 0.15) is 21.5 Å². The monoisotopic (exact) mass is 325 g/mol. The number of morpholine rings is 1. The van der Waals surface area contributed by atoms with Crippen LogP contribution < -0.4 is 16.0 Å². The van der Waals surface area contributed by atoms with Gasteiger partial charge in [-0.1, -0.05) is 17.7 Å². The normalized spacial score (nSPS) is 14.5. The molecule has 3 N–H and O–H groups in total. The van der Waals surface area contributed by atoms with Crippen LogP contribution in [-0.2, 0) is 4.74 Å². The van der Waals surface area contributed by atoms with Gasteiger partial charge in [0.2, 0.25) is 0 Å². The lowest BCUT2D eigenvalue weighted by Gasteiger charge is -2.30. The lowest BCUT2D eigenvalue weighted by Crippen LogP contribution is -2.36. The zero-order chi connectivity index (χ0) is 17.1. The zero-order valence-corrected chi connectivity index (χ0v) is 14.1. The van der Waals surface area contributed by atoms with Gasteiger partial charge < -0.3 is 20.7 Å². The summed E-state index contributed by atoms with van der Waals surface area (Å²) >= 11 is 0. The second-order valence-corrected chi connectivity index (χ2v) is 6.15. The Balaban J connectivity index is 1.84. The van der Waals surface area contributed by atoms with E-state index < -0.39 is 0 Å². The molecule has 126 valence electrons. The second-order valence-electron chi connectivity index (χ2n) is 6.15. The summed E-state index contributed by atoms with van der Waals surface area (Å²) in [6, 6.07) is 11.4. The van der Waals surface area contributed by atoms with E-state index in [0.717, 1.165) is 41.3 Å². The molecule has 3 rings (SSSR count). The summed E-state index contributed by atoms with van der Waals surface area (Å²) in [5.74, 6) is -0.115. The number of nitrogen functional groups attached to an aromatic ring is 1. The number of nitrogens with two attached hydrogens (primary N) is 1. The first-order valence-corrected chi connectivity index (χ1v) is 8.15. The Bertz CT molecular complexity index is 735. The Morgan fingerprint density at radius 2 is 1.79 bits per heavy atom. The average Bonchev–Trinajstić information content (AvgIpc) is 2.58. The Morgan fingerprint density at radius 3 is 2.46 bits per heavy atom. The third-order valence-corrected chi connectivity index (χ3v) is 4.29. The van der Waals surface area contributed by atoms with Crippen LogP contribution in [0.3, 0.4) is 0 Å². The van der Waals surface area contributed by atoms with Crippen molar-refractivity contribution in [2.45, 2.75) is 13.8 Å². The van der Waals surface area contributed by atoms with Crippen LogP contribution in [0.4, 0.5) is 17.1 Å². The number of hydrogen-bond acceptors (Lipinski definition) is 4. The number of carbonyl (C=O) groups is 1. The van der Waals surface area contributed by atoms with Gasteiger partial charge in [0.1, 0.15) is 0 Å². The first-order chi connectivity index (χ1) is 11.5. The van der Waals surface area contributed by atoms with Crippen molar-refractivity contribution in [2.24, 2.45) is 0 Å². The third kappa shape index (κ3) is 3.51. The summed E-state index contributed by atoms with van der Waals surface area (Å²) in [6.07, 6.45) is 0. The van der Waals surface area contributed by atoms with E-state index in [1.54, 1.807) is 0 Å². The van der Waals surface area contributed by atoms with Gasteiger partial charge in [-0.25, -0.2) is 0 Å². The highest BCUT2D eigenvalue weighted by atomic mass is 16.5. The molecule has 1 saturated heterocycles. The van der Waals surface area contributed by atoms with E-state index in [2.05, 4.69) is 10.2 Å². The van der Waals surface area contributed by atoms with E-state index >= 15 is 0 Å². The molecule has 0 atom stereocenters. The molecule has 2 aromatic carbocycles. The van der Waals surface area contributed by atoms with Crippen molar-refractivity contribution < 1.29 is 9.53 Å². The van der Waals surface area contributed by atoms with Gasteiger partial charge in [0.25, 0.3) is 5.91 Å².